The zero-order valence-corrected chi connectivity index (χ0v) is 20.6. The van der Waals surface area contributed by atoms with Crippen molar-refractivity contribution in [2.75, 3.05) is 0 Å². The minimum absolute atomic E-state index is 0.0855. The molecule has 3 aromatic carbocycles. The summed E-state index contributed by atoms with van der Waals surface area (Å²) in [5.74, 6) is -0.0855. The summed E-state index contributed by atoms with van der Waals surface area (Å²) in [6.45, 7) is 0. The Bertz CT molecular complexity index is 1400. The zero-order chi connectivity index (χ0) is 24.2. The van der Waals surface area contributed by atoms with Crippen LogP contribution < -0.4 is 5.32 Å². The van der Waals surface area contributed by atoms with Crippen LogP contribution in [-0.4, -0.2) is 32.3 Å². The van der Waals surface area contributed by atoms with Gasteiger partial charge in [0.05, 0.1) is 17.2 Å². The molecule has 9 heteroatoms. The van der Waals surface area contributed by atoms with Crippen molar-refractivity contribution in [2.24, 2.45) is 10.2 Å². The van der Waals surface area contributed by atoms with Gasteiger partial charge in [-0.25, -0.2) is 4.68 Å². The van der Waals surface area contributed by atoms with Gasteiger partial charge in [-0.05, 0) is 48.4 Å². The SMILES string of the molecule is O=C1N/C(=N\N=C\c2cn(-c3ccccc3)nc2-c2ccc(Cl)cc2)SC1Cc1ccc(Cl)cc1. The van der Waals surface area contributed by atoms with Crippen molar-refractivity contribution in [3.05, 3.63) is 106 Å². The number of para-hydroxylation sites is 1. The van der Waals surface area contributed by atoms with E-state index in [0.717, 1.165) is 28.1 Å². The fourth-order valence-electron chi connectivity index (χ4n) is 3.59. The summed E-state index contributed by atoms with van der Waals surface area (Å²) in [7, 11) is 0. The molecular formula is C26H19Cl2N5OS. The summed E-state index contributed by atoms with van der Waals surface area (Å²) in [6.07, 6.45) is 4.12. The maximum Gasteiger partial charge on any atom is 0.239 e. The average molecular weight is 520 g/mol. The first-order valence-corrected chi connectivity index (χ1v) is 12.4. The summed E-state index contributed by atoms with van der Waals surface area (Å²) in [5.41, 5.74) is 4.40. The number of halogens is 2. The van der Waals surface area contributed by atoms with Crippen LogP contribution in [-0.2, 0) is 11.2 Å². The third kappa shape index (κ3) is 5.65. The Morgan fingerprint density at radius 3 is 2.37 bits per heavy atom. The Hall–Kier alpha value is -3.39. The molecule has 1 atom stereocenters. The van der Waals surface area contributed by atoms with E-state index in [1.807, 2.05) is 85.1 Å². The molecule has 0 radical (unpaired) electrons. The molecule has 35 heavy (non-hydrogen) atoms. The molecule has 1 saturated heterocycles. The minimum atomic E-state index is -0.268. The van der Waals surface area contributed by atoms with Crippen LogP contribution in [0.25, 0.3) is 16.9 Å². The van der Waals surface area contributed by atoms with Gasteiger partial charge in [0.25, 0.3) is 0 Å². The normalized spacial score (nSPS) is 16.8. The van der Waals surface area contributed by atoms with Gasteiger partial charge < -0.3 is 5.32 Å². The molecule has 2 heterocycles. The van der Waals surface area contributed by atoms with Gasteiger partial charge in [-0.3, -0.25) is 4.79 Å². The molecule has 4 aromatic rings. The molecule has 1 N–H and O–H groups in total. The van der Waals surface area contributed by atoms with Crippen molar-refractivity contribution >= 4 is 52.3 Å². The van der Waals surface area contributed by atoms with Crippen molar-refractivity contribution in [1.82, 2.24) is 15.1 Å². The summed E-state index contributed by atoms with van der Waals surface area (Å²) in [6, 6.07) is 24.8. The lowest BCUT2D eigenvalue weighted by Gasteiger charge is -2.05. The number of nitrogens with zero attached hydrogens (tertiary/aromatic N) is 4. The van der Waals surface area contributed by atoms with E-state index < -0.39 is 0 Å². The smallest absolute Gasteiger partial charge is 0.239 e. The van der Waals surface area contributed by atoms with Gasteiger partial charge in [-0.15, -0.1) is 5.10 Å². The van der Waals surface area contributed by atoms with Crippen LogP contribution in [0.3, 0.4) is 0 Å². The topological polar surface area (TPSA) is 71.6 Å². The highest BCUT2D eigenvalue weighted by atomic mass is 35.5. The first-order chi connectivity index (χ1) is 17.0. The second kappa shape index (κ2) is 10.5. The number of carbonyl (C=O) groups excluding carboxylic acids is 1. The Labute approximate surface area is 216 Å². The summed E-state index contributed by atoms with van der Waals surface area (Å²) in [5, 5.41) is 17.6. The lowest BCUT2D eigenvalue weighted by Crippen LogP contribution is -2.25. The molecule has 174 valence electrons. The minimum Gasteiger partial charge on any atom is -0.303 e. The van der Waals surface area contributed by atoms with Crippen molar-refractivity contribution < 1.29 is 4.79 Å². The Balaban J connectivity index is 1.37. The largest absolute Gasteiger partial charge is 0.303 e. The summed E-state index contributed by atoms with van der Waals surface area (Å²) >= 11 is 13.4. The molecule has 6 nitrogen and oxygen atoms in total. The second-order valence-electron chi connectivity index (χ2n) is 7.80. The van der Waals surface area contributed by atoms with Gasteiger partial charge >= 0.3 is 0 Å². The number of amidine groups is 1. The Kier molecular flexibility index (Phi) is 6.99. The maximum atomic E-state index is 12.4. The molecule has 1 fully saturated rings. The third-order valence-electron chi connectivity index (χ3n) is 5.34. The van der Waals surface area contributed by atoms with Gasteiger partial charge in [-0.2, -0.15) is 10.2 Å². The van der Waals surface area contributed by atoms with E-state index in [-0.39, 0.29) is 11.2 Å². The number of rotatable bonds is 6. The van der Waals surface area contributed by atoms with Crippen LogP contribution in [0.1, 0.15) is 11.1 Å². The van der Waals surface area contributed by atoms with Crippen molar-refractivity contribution in [3.8, 4) is 16.9 Å². The zero-order valence-electron chi connectivity index (χ0n) is 18.3. The fourth-order valence-corrected chi connectivity index (χ4v) is 4.81. The molecular weight excluding hydrogens is 501 g/mol. The molecule has 1 amide bonds. The average Bonchev–Trinajstić information content (AvgIpc) is 3.45. The van der Waals surface area contributed by atoms with Gasteiger partial charge in [0, 0.05) is 27.4 Å². The molecule has 5 rings (SSSR count). The predicted octanol–water partition coefficient (Wildman–Crippen LogP) is 6.01. The quantitative estimate of drug-likeness (QED) is 0.250. The van der Waals surface area contributed by atoms with E-state index in [1.165, 1.54) is 11.8 Å². The molecule has 0 saturated carbocycles. The molecule has 0 aliphatic carbocycles. The molecule has 1 aliphatic heterocycles. The third-order valence-corrected chi connectivity index (χ3v) is 6.91. The van der Waals surface area contributed by atoms with Crippen LogP contribution in [0.4, 0.5) is 0 Å². The molecule has 1 aromatic heterocycles. The standard InChI is InChI=1S/C26H19Cl2N5OS/c27-20-10-6-17(7-11-20)14-23-25(34)30-26(35-23)31-29-15-19-16-33(22-4-2-1-3-5-22)32-24(19)18-8-12-21(28)13-9-18/h1-13,15-16,23H,14H2,(H,30,31,34)/b29-15+. The maximum absolute atomic E-state index is 12.4. The van der Waals surface area contributed by atoms with Gasteiger partial charge in [0.15, 0.2) is 5.17 Å². The Morgan fingerprint density at radius 1 is 0.971 bits per heavy atom. The van der Waals surface area contributed by atoms with E-state index in [4.69, 9.17) is 28.3 Å². The Morgan fingerprint density at radius 2 is 1.66 bits per heavy atom. The molecule has 1 aliphatic rings. The number of aromatic nitrogens is 2. The predicted molar refractivity (Wildman–Crippen MR) is 144 cm³/mol. The summed E-state index contributed by atoms with van der Waals surface area (Å²) < 4.78 is 1.80. The van der Waals surface area contributed by atoms with E-state index in [1.54, 1.807) is 10.9 Å². The lowest BCUT2D eigenvalue weighted by molar-refractivity contribution is -0.118. The number of amides is 1. The van der Waals surface area contributed by atoms with Crippen molar-refractivity contribution in [2.45, 2.75) is 11.7 Å². The highest BCUT2D eigenvalue weighted by Crippen LogP contribution is 2.26. The lowest BCUT2D eigenvalue weighted by atomic mass is 10.1. The van der Waals surface area contributed by atoms with Crippen LogP contribution in [0.15, 0.2) is 95.3 Å². The van der Waals surface area contributed by atoms with Crippen LogP contribution in [0, 0.1) is 0 Å². The number of hydrogen-bond acceptors (Lipinski definition) is 5. The van der Waals surface area contributed by atoms with E-state index >= 15 is 0 Å². The van der Waals surface area contributed by atoms with Crippen LogP contribution in [0.5, 0.6) is 0 Å². The van der Waals surface area contributed by atoms with E-state index in [9.17, 15) is 4.79 Å². The van der Waals surface area contributed by atoms with Gasteiger partial charge in [-0.1, -0.05) is 77.4 Å². The monoisotopic (exact) mass is 519 g/mol. The number of benzene rings is 3. The van der Waals surface area contributed by atoms with E-state index in [2.05, 4.69) is 15.5 Å². The van der Waals surface area contributed by atoms with Gasteiger partial charge in [0.1, 0.15) is 5.69 Å². The number of nitrogens with one attached hydrogen (secondary N) is 1. The number of thioether (sulfide) groups is 1. The second-order valence-corrected chi connectivity index (χ2v) is 9.86. The molecule has 0 bridgehead atoms. The highest BCUT2D eigenvalue weighted by molar-refractivity contribution is 8.15. The van der Waals surface area contributed by atoms with Crippen molar-refractivity contribution in [1.29, 1.82) is 0 Å². The number of hydrogen-bond donors (Lipinski definition) is 1. The highest BCUT2D eigenvalue weighted by Gasteiger charge is 2.30. The van der Waals surface area contributed by atoms with E-state index in [0.29, 0.717) is 21.6 Å². The van der Waals surface area contributed by atoms with Gasteiger partial charge in [0.2, 0.25) is 5.91 Å². The molecule has 1 unspecified atom stereocenters. The van der Waals surface area contributed by atoms with Crippen LogP contribution in [0.2, 0.25) is 10.0 Å². The number of carbonyl (C=O) groups is 1. The first-order valence-electron chi connectivity index (χ1n) is 10.8. The first kappa shape index (κ1) is 23.4. The van der Waals surface area contributed by atoms with Crippen molar-refractivity contribution in [3.63, 3.8) is 0 Å². The van der Waals surface area contributed by atoms with Crippen LogP contribution >= 0.6 is 35.0 Å². The summed E-state index contributed by atoms with van der Waals surface area (Å²) in [4.78, 5) is 12.4. The fraction of sp³-hybridized carbons (Fsp3) is 0.0769. The molecule has 0 spiro atoms.